The highest BCUT2D eigenvalue weighted by atomic mass is 32.2. The van der Waals surface area contributed by atoms with E-state index in [1.165, 1.54) is 16.6 Å². The number of rotatable bonds is 4. The summed E-state index contributed by atoms with van der Waals surface area (Å²) in [5.41, 5.74) is 2.87. The fourth-order valence-corrected chi connectivity index (χ4v) is 5.10. The molecule has 0 fully saturated rings. The van der Waals surface area contributed by atoms with E-state index in [2.05, 4.69) is 39.9 Å². The highest BCUT2D eigenvalue weighted by Crippen LogP contribution is 2.36. The van der Waals surface area contributed by atoms with E-state index in [4.69, 9.17) is 0 Å². The van der Waals surface area contributed by atoms with Crippen molar-refractivity contribution in [3.8, 4) is 6.07 Å². The number of nitrogens with zero attached hydrogens (tertiary/aromatic N) is 4. The summed E-state index contributed by atoms with van der Waals surface area (Å²) in [7, 11) is 0. The lowest BCUT2D eigenvalue weighted by molar-refractivity contribution is 0.420. The lowest BCUT2D eigenvalue weighted by Gasteiger charge is -2.06. The topological polar surface area (TPSA) is 98.5 Å². The van der Waals surface area contributed by atoms with E-state index in [0.717, 1.165) is 31.8 Å². The van der Waals surface area contributed by atoms with E-state index in [0.29, 0.717) is 11.6 Å². The standard InChI is InChI=1S/C20H17N5OS2/c1-10-11(2)28-20-17(10)19(22-12(3)23-20)27-9-16(26)13(8-21)18-24-14-6-4-5-7-15(14)25-18/h4-7,26H,9H2,1-3H3,(H,24,25)/b16-13-. The maximum atomic E-state index is 10.6. The first-order chi connectivity index (χ1) is 13.5. The Morgan fingerprint density at radius 2 is 2.00 bits per heavy atom. The van der Waals surface area contributed by atoms with E-state index >= 15 is 0 Å². The van der Waals surface area contributed by atoms with Crippen LogP contribution < -0.4 is 0 Å². The van der Waals surface area contributed by atoms with E-state index in [9.17, 15) is 10.4 Å². The zero-order valence-electron chi connectivity index (χ0n) is 15.6. The SMILES string of the molecule is Cc1nc(SC/C(O)=C(\C#N)c2nc3ccccc3[nH]2)c2c(C)c(C)sc2n1. The molecular formula is C20H17N5OS2. The summed E-state index contributed by atoms with van der Waals surface area (Å²) in [6.07, 6.45) is 0. The number of nitrogens with one attached hydrogen (secondary N) is 1. The minimum atomic E-state index is -0.0272. The molecule has 28 heavy (non-hydrogen) atoms. The quantitative estimate of drug-likeness (QED) is 0.212. The minimum Gasteiger partial charge on any atom is -0.510 e. The molecule has 3 aromatic heterocycles. The maximum absolute atomic E-state index is 10.6. The van der Waals surface area contributed by atoms with Crippen molar-refractivity contribution < 1.29 is 5.11 Å². The molecule has 0 atom stereocenters. The van der Waals surface area contributed by atoms with Gasteiger partial charge in [-0.2, -0.15) is 5.26 Å². The van der Waals surface area contributed by atoms with E-state index in [1.807, 2.05) is 31.2 Å². The van der Waals surface area contributed by atoms with Crippen LogP contribution in [0.3, 0.4) is 0 Å². The van der Waals surface area contributed by atoms with Crippen LogP contribution in [0.1, 0.15) is 22.1 Å². The number of thioether (sulfide) groups is 1. The van der Waals surface area contributed by atoms with Crippen molar-refractivity contribution in [1.82, 2.24) is 19.9 Å². The van der Waals surface area contributed by atoms with Crippen LogP contribution in [0.25, 0.3) is 26.8 Å². The third kappa shape index (κ3) is 3.23. The van der Waals surface area contributed by atoms with Gasteiger partial charge in [-0.25, -0.2) is 15.0 Å². The number of aryl methyl sites for hydroxylation is 3. The highest BCUT2D eigenvalue weighted by Gasteiger charge is 2.17. The summed E-state index contributed by atoms with van der Waals surface area (Å²) < 4.78 is 0. The molecule has 4 rings (SSSR count). The number of allylic oxidation sites excluding steroid dienone is 1. The van der Waals surface area contributed by atoms with Gasteiger partial charge in [-0.15, -0.1) is 11.3 Å². The molecule has 0 aliphatic carbocycles. The van der Waals surface area contributed by atoms with Gasteiger partial charge < -0.3 is 10.1 Å². The molecule has 0 aliphatic heterocycles. The van der Waals surface area contributed by atoms with E-state index in [1.54, 1.807) is 11.3 Å². The number of nitriles is 1. The third-order valence-corrected chi connectivity index (χ3v) is 6.57. The largest absolute Gasteiger partial charge is 0.510 e. The second-order valence-electron chi connectivity index (χ2n) is 6.36. The lowest BCUT2D eigenvalue weighted by Crippen LogP contribution is -1.97. The van der Waals surface area contributed by atoms with Crippen molar-refractivity contribution in [2.24, 2.45) is 0 Å². The van der Waals surface area contributed by atoms with Gasteiger partial charge in [0.15, 0.2) is 5.82 Å². The monoisotopic (exact) mass is 407 g/mol. The first-order valence-corrected chi connectivity index (χ1v) is 10.4. The molecule has 140 valence electrons. The molecule has 0 unspecified atom stereocenters. The number of imidazole rings is 1. The van der Waals surface area contributed by atoms with Gasteiger partial charge in [-0.1, -0.05) is 23.9 Å². The molecule has 3 heterocycles. The Hall–Kier alpha value is -2.89. The zero-order valence-corrected chi connectivity index (χ0v) is 17.2. The van der Waals surface area contributed by atoms with Crippen molar-refractivity contribution in [3.05, 3.63) is 52.1 Å². The summed E-state index contributed by atoms with van der Waals surface area (Å²) in [4.78, 5) is 18.7. The Morgan fingerprint density at radius 3 is 2.75 bits per heavy atom. The van der Waals surface area contributed by atoms with Crippen molar-refractivity contribution in [2.45, 2.75) is 25.8 Å². The number of H-pyrrole nitrogens is 1. The fourth-order valence-electron chi connectivity index (χ4n) is 2.95. The molecule has 1 aromatic carbocycles. The van der Waals surface area contributed by atoms with Crippen molar-refractivity contribution in [1.29, 1.82) is 5.26 Å². The Balaban J connectivity index is 1.68. The second-order valence-corrected chi connectivity index (χ2v) is 8.53. The van der Waals surface area contributed by atoms with Crippen LogP contribution in [-0.4, -0.2) is 30.8 Å². The van der Waals surface area contributed by atoms with Gasteiger partial charge in [0.05, 0.1) is 16.8 Å². The van der Waals surface area contributed by atoms with Gasteiger partial charge in [-0.3, -0.25) is 0 Å². The van der Waals surface area contributed by atoms with Gasteiger partial charge in [0.25, 0.3) is 0 Å². The summed E-state index contributed by atoms with van der Waals surface area (Å²) in [5.74, 6) is 1.26. The summed E-state index contributed by atoms with van der Waals surface area (Å²) in [6, 6.07) is 9.59. The first-order valence-electron chi connectivity index (χ1n) is 8.62. The maximum Gasteiger partial charge on any atom is 0.152 e. The molecule has 0 radical (unpaired) electrons. The summed E-state index contributed by atoms with van der Waals surface area (Å²) in [5, 5.41) is 22.0. The summed E-state index contributed by atoms with van der Waals surface area (Å²) >= 11 is 3.04. The average molecular weight is 408 g/mol. The number of aliphatic hydroxyl groups excluding tert-OH is 1. The van der Waals surface area contributed by atoms with Gasteiger partial charge >= 0.3 is 0 Å². The molecule has 4 aromatic rings. The molecule has 0 bridgehead atoms. The number of hydrogen-bond donors (Lipinski definition) is 2. The van der Waals surface area contributed by atoms with Crippen LogP contribution in [0.5, 0.6) is 0 Å². The first kappa shape index (κ1) is 18.5. The van der Waals surface area contributed by atoms with Crippen LogP contribution in [-0.2, 0) is 0 Å². The number of fused-ring (bicyclic) bond motifs is 2. The van der Waals surface area contributed by atoms with Crippen molar-refractivity contribution in [3.63, 3.8) is 0 Å². The van der Waals surface area contributed by atoms with Crippen LogP contribution in [0, 0.1) is 32.1 Å². The Kier molecular flexibility index (Phi) is 4.79. The third-order valence-electron chi connectivity index (χ3n) is 4.48. The molecule has 0 saturated heterocycles. The lowest BCUT2D eigenvalue weighted by atomic mass is 10.2. The molecule has 0 amide bonds. The summed E-state index contributed by atoms with van der Waals surface area (Å²) in [6.45, 7) is 5.98. The smallest absolute Gasteiger partial charge is 0.152 e. The van der Waals surface area contributed by atoms with E-state index in [-0.39, 0.29) is 17.1 Å². The minimum absolute atomic E-state index is 0.0272. The average Bonchev–Trinajstić information content (AvgIpc) is 3.21. The normalized spacial score (nSPS) is 12.4. The predicted octanol–water partition coefficient (Wildman–Crippen LogP) is 5.08. The van der Waals surface area contributed by atoms with Crippen molar-refractivity contribution in [2.75, 3.05) is 5.75 Å². The number of benzene rings is 1. The molecule has 2 N–H and O–H groups in total. The fraction of sp³-hybridized carbons (Fsp3) is 0.200. The molecule has 0 saturated carbocycles. The number of para-hydroxylation sites is 2. The number of aliphatic hydroxyl groups is 1. The zero-order chi connectivity index (χ0) is 19.8. The second kappa shape index (κ2) is 7.26. The Bertz CT molecular complexity index is 1250. The van der Waals surface area contributed by atoms with Crippen LogP contribution in [0.4, 0.5) is 0 Å². The van der Waals surface area contributed by atoms with E-state index < -0.39 is 0 Å². The van der Waals surface area contributed by atoms with Crippen molar-refractivity contribution >= 4 is 49.9 Å². The van der Waals surface area contributed by atoms with Crippen LogP contribution in [0.15, 0.2) is 35.1 Å². The van der Waals surface area contributed by atoms with Crippen LogP contribution in [0.2, 0.25) is 0 Å². The van der Waals surface area contributed by atoms with Gasteiger partial charge in [0, 0.05) is 10.3 Å². The number of aromatic nitrogens is 4. The Labute approximate surface area is 170 Å². The van der Waals surface area contributed by atoms with Gasteiger partial charge in [0.2, 0.25) is 0 Å². The number of hydrogen-bond acceptors (Lipinski definition) is 7. The molecular weight excluding hydrogens is 390 g/mol. The highest BCUT2D eigenvalue weighted by molar-refractivity contribution is 7.99. The number of thiophene rings is 1. The van der Waals surface area contributed by atoms with Gasteiger partial charge in [-0.05, 0) is 38.5 Å². The molecule has 6 nitrogen and oxygen atoms in total. The van der Waals surface area contributed by atoms with Crippen LogP contribution >= 0.6 is 23.1 Å². The molecule has 8 heteroatoms. The molecule has 0 spiro atoms. The number of aromatic amines is 1. The Morgan fingerprint density at radius 1 is 1.21 bits per heavy atom. The molecule has 0 aliphatic rings. The predicted molar refractivity (Wildman–Crippen MR) is 114 cm³/mol. The van der Waals surface area contributed by atoms with Gasteiger partial charge in [0.1, 0.15) is 33.1 Å².